The molecule has 0 aliphatic heterocycles. The van der Waals surface area contributed by atoms with Crippen LogP contribution in [0.15, 0.2) is 28.7 Å². The van der Waals surface area contributed by atoms with Crippen LogP contribution in [0, 0.1) is 23.0 Å². The average Bonchev–Trinajstić information content (AvgIpc) is 2.75. The summed E-state index contributed by atoms with van der Waals surface area (Å²) in [4.78, 5) is 0. The summed E-state index contributed by atoms with van der Waals surface area (Å²) in [6.45, 7) is 0.143. The van der Waals surface area contributed by atoms with Gasteiger partial charge in [0.15, 0.2) is 5.82 Å². The Bertz CT molecular complexity index is 596. The van der Waals surface area contributed by atoms with Crippen molar-refractivity contribution < 1.29 is 13.2 Å². The minimum absolute atomic E-state index is 0.00651. The molecule has 0 amide bonds. The first-order chi connectivity index (χ1) is 8.60. The third-order valence-electron chi connectivity index (χ3n) is 2.22. The number of nitrogens with zero attached hydrogens (tertiary/aromatic N) is 1. The molecular formula is C12H7ClF2N2O. The molecule has 18 heavy (non-hydrogen) atoms. The van der Waals surface area contributed by atoms with Crippen LogP contribution in [-0.2, 0) is 6.54 Å². The molecular weight excluding hydrogens is 262 g/mol. The predicted molar refractivity (Wildman–Crippen MR) is 62.1 cm³/mol. The molecule has 0 fully saturated rings. The second kappa shape index (κ2) is 5.07. The lowest BCUT2D eigenvalue weighted by atomic mass is 10.3. The Kier molecular flexibility index (Phi) is 3.49. The maximum Gasteiger partial charge on any atom is 0.203 e. The van der Waals surface area contributed by atoms with Crippen molar-refractivity contribution in [3.8, 4) is 6.07 Å². The van der Waals surface area contributed by atoms with Crippen molar-refractivity contribution >= 4 is 17.3 Å². The van der Waals surface area contributed by atoms with E-state index >= 15 is 0 Å². The monoisotopic (exact) mass is 268 g/mol. The average molecular weight is 269 g/mol. The van der Waals surface area contributed by atoms with Crippen LogP contribution in [0.1, 0.15) is 11.5 Å². The fourth-order valence-corrected chi connectivity index (χ4v) is 1.68. The van der Waals surface area contributed by atoms with Gasteiger partial charge in [-0.2, -0.15) is 5.26 Å². The molecule has 2 aromatic rings. The molecule has 92 valence electrons. The second-order valence-electron chi connectivity index (χ2n) is 3.48. The lowest BCUT2D eigenvalue weighted by molar-refractivity contribution is 0.505. The summed E-state index contributed by atoms with van der Waals surface area (Å²) in [6.07, 6.45) is 0. The van der Waals surface area contributed by atoms with Crippen molar-refractivity contribution in [2.75, 3.05) is 5.32 Å². The summed E-state index contributed by atoms with van der Waals surface area (Å²) in [5.74, 6) is -0.913. The highest BCUT2D eigenvalue weighted by Gasteiger charge is 2.10. The Labute approximate surface area is 107 Å². The largest absolute Gasteiger partial charge is 0.449 e. The molecule has 0 aliphatic rings. The van der Waals surface area contributed by atoms with Gasteiger partial charge in [-0.25, -0.2) is 8.78 Å². The van der Waals surface area contributed by atoms with E-state index in [1.807, 2.05) is 6.07 Å². The van der Waals surface area contributed by atoms with Crippen molar-refractivity contribution in [1.29, 1.82) is 5.26 Å². The van der Waals surface area contributed by atoms with Gasteiger partial charge in [-0.05, 0) is 18.2 Å². The molecule has 0 saturated carbocycles. The smallest absolute Gasteiger partial charge is 0.203 e. The van der Waals surface area contributed by atoms with E-state index < -0.39 is 11.6 Å². The Hall–Kier alpha value is -2.06. The first-order valence-corrected chi connectivity index (χ1v) is 5.35. The number of furan rings is 1. The molecule has 0 bridgehead atoms. The van der Waals surface area contributed by atoms with E-state index in [2.05, 4.69) is 5.32 Å². The van der Waals surface area contributed by atoms with Gasteiger partial charge >= 0.3 is 0 Å². The van der Waals surface area contributed by atoms with E-state index in [9.17, 15) is 8.78 Å². The van der Waals surface area contributed by atoms with Gasteiger partial charge in [0.1, 0.15) is 17.6 Å². The van der Waals surface area contributed by atoms with E-state index in [4.69, 9.17) is 21.3 Å². The first kappa shape index (κ1) is 12.4. The molecule has 1 heterocycles. The summed E-state index contributed by atoms with van der Waals surface area (Å²) in [7, 11) is 0. The number of anilines is 1. The molecule has 0 unspecified atom stereocenters. The summed E-state index contributed by atoms with van der Waals surface area (Å²) in [5.41, 5.74) is -0.00651. The summed E-state index contributed by atoms with van der Waals surface area (Å²) < 4.78 is 31.3. The van der Waals surface area contributed by atoms with Crippen molar-refractivity contribution in [3.63, 3.8) is 0 Å². The summed E-state index contributed by atoms with van der Waals surface area (Å²) in [5, 5.41) is 11.2. The molecule has 0 spiro atoms. The molecule has 6 heteroatoms. The van der Waals surface area contributed by atoms with Crippen molar-refractivity contribution in [2.24, 2.45) is 0 Å². The zero-order valence-electron chi connectivity index (χ0n) is 9.01. The molecule has 1 aromatic carbocycles. The Morgan fingerprint density at radius 1 is 1.33 bits per heavy atom. The van der Waals surface area contributed by atoms with Gasteiger partial charge in [0.25, 0.3) is 0 Å². The minimum Gasteiger partial charge on any atom is -0.449 e. The van der Waals surface area contributed by atoms with Crippen LogP contribution in [0.4, 0.5) is 14.5 Å². The maximum absolute atomic E-state index is 13.4. The van der Waals surface area contributed by atoms with Gasteiger partial charge in [0, 0.05) is 6.07 Å². The van der Waals surface area contributed by atoms with Crippen LogP contribution in [0.3, 0.4) is 0 Å². The first-order valence-electron chi connectivity index (χ1n) is 4.97. The van der Waals surface area contributed by atoms with E-state index in [1.165, 1.54) is 6.07 Å². The highest BCUT2D eigenvalue weighted by atomic mass is 35.5. The van der Waals surface area contributed by atoms with Gasteiger partial charge in [-0.15, -0.1) is 0 Å². The van der Waals surface area contributed by atoms with E-state index in [0.717, 1.165) is 12.1 Å². The second-order valence-corrected chi connectivity index (χ2v) is 3.88. The van der Waals surface area contributed by atoms with Crippen LogP contribution < -0.4 is 5.32 Å². The molecule has 3 nitrogen and oxygen atoms in total. The summed E-state index contributed by atoms with van der Waals surface area (Å²) in [6, 6.07) is 6.66. The van der Waals surface area contributed by atoms with Crippen LogP contribution in [0.2, 0.25) is 5.02 Å². The van der Waals surface area contributed by atoms with E-state index in [1.54, 1.807) is 6.07 Å². The van der Waals surface area contributed by atoms with Crippen LogP contribution in [0.25, 0.3) is 0 Å². The van der Waals surface area contributed by atoms with Gasteiger partial charge in [-0.3, -0.25) is 0 Å². The van der Waals surface area contributed by atoms with Crippen LogP contribution in [0.5, 0.6) is 0 Å². The van der Waals surface area contributed by atoms with Crippen molar-refractivity contribution in [1.82, 2.24) is 0 Å². The Balaban J connectivity index is 2.13. The van der Waals surface area contributed by atoms with Crippen molar-refractivity contribution in [2.45, 2.75) is 6.54 Å². The number of hydrogen-bond acceptors (Lipinski definition) is 3. The molecule has 0 aliphatic carbocycles. The standard InChI is InChI=1S/C12H7ClF2N2O/c13-10-3-7(14)4-11(15)12(10)17-6-9-2-1-8(5-16)18-9/h1-4,17H,6H2. The highest BCUT2D eigenvalue weighted by molar-refractivity contribution is 6.33. The number of nitrogens with one attached hydrogen (secondary N) is 1. The topological polar surface area (TPSA) is 49.0 Å². The molecule has 1 aromatic heterocycles. The molecule has 0 radical (unpaired) electrons. The van der Waals surface area contributed by atoms with Crippen molar-refractivity contribution in [3.05, 3.63) is 52.4 Å². The zero-order chi connectivity index (χ0) is 13.1. The maximum atomic E-state index is 13.4. The fourth-order valence-electron chi connectivity index (χ4n) is 1.42. The number of hydrogen-bond donors (Lipinski definition) is 1. The minimum atomic E-state index is -0.785. The van der Waals surface area contributed by atoms with Crippen LogP contribution >= 0.6 is 11.6 Å². The number of benzene rings is 1. The lowest BCUT2D eigenvalue weighted by Gasteiger charge is -2.08. The quantitative estimate of drug-likeness (QED) is 0.923. The third kappa shape index (κ3) is 2.60. The molecule has 0 saturated heterocycles. The SMILES string of the molecule is N#Cc1ccc(CNc2c(F)cc(F)cc2Cl)o1. The number of halogens is 3. The van der Waals surface area contributed by atoms with Gasteiger partial charge in [0.05, 0.1) is 17.3 Å². The van der Waals surface area contributed by atoms with Crippen LogP contribution in [-0.4, -0.2) is 0 Å². The Morgan fingerprint density at radius 3 is 2.72 bits per heavy atom. The highest BCUT2D eigenvalue weighted by Crippen LogP contribution is 2.26. The number of rotatable bonds is 3. The molecule has 2 rings (SSSR count). The van der Waals surface area contributed by atoms with Gasteiger partial charge in [-0.1, -0.05) is 11.6 Å². The fraction of sp³-hybridized carbons (Fsp3) is 0.0833. The predicted octanol–water partition coefficient (Wildman–Crippen LogP) is 3.69. The Morgan fingerprint density at radius 2 is 2.11 bits per heavy atom. The zero-order valence-corrected chi connectivity index (χ0v) is 9.76. The van der Waals surface area contributed by atoms with E-state index in [-0.39, 0.29) is 23.0 Å². The van der Waals surface area contributed by atoms with Gasteiger partial charge in [0.2, 0.25) is 5.76 Å². The lowest BCUT2D eigenvalue weighted by Crippen LogP contribution is -2.01. The normalized spacial score (nSPS) is 10.1. The van der Waals surface area contributed by atoms with E-state index in [0.29, 0.717) is 5.76 Å². The number of nitriles is 1. The third-order valence-corrected chi connectivity index (χ3v) is 2.52. The molecule has 1 N–H and O–H groups in total. The molecule has 0 atom stereocenters. The summed E-state index contributed by atoms with van der Waals surface area (Å²) >= 11 is 5.71. The van der Waals surface area contributed by atoms with Gasteiger partial charge < -0.3 is 9.73 Å².